The lowest BCUT2D eigenvalue weighted by Crippen LogP contribution is -2.45. The van der Waals surface area contributed by atoms with Gasteiger partial charge in [0.05, 0.1) is 6.54 Å². The van der Waals surface area contributed by atoms with E-state index in [1.807, 2.05) is 0 Å². The van der Waals surface area contributed by atoms with Crippen molar-refractivity contribution in [2.75, 3.05) is 39.3 Å². The van der Waals surface area contributed by atoms with Crippen LogP contribution in [-0.4, -0.2) is 61.0 Å². The third kappa shape index (κ3) is 5.59. The lowest BCUT2D eigenvalue weighted by Gasteiger charge is -2.31. The van der Waals surface area contributed by atoms with Crippen molar-refractivity contribution in [2.45, 2.75) is 58.4 Å². The minimum absolute atomic E-state index is 0.342. The van der Waals surface area contributed by atoms with Gasteiger partial charge in [0.25, 0.3) is 0 Å². The van der Waals surface area contributed by atoms with Gasteiger partial charge in [0.2, 0.25) is 5.91 Å². The second-order valence-corrected chi connectivity index (χ2v) is 7.08. The molecule has 1 heterocycles. The van der Waals surface area contributed by atoms with Gasteiger partial charge >= 0.3 is 0 Å². The monoisotopic (exact) mass is 295 g/mol. The maximum atomic E-state index is 12.6. The van der Waals surface area contributed by atoms with Crippen LogP contribution in [0.3, 0.4) is 0 Å². The first kappa shape index (κ1) is 16.8. The summed E-state index contributed by atoms with van der Waals surface area (Å²) in [6.07, 6.45) is 7.53. The SMILES string of the molecule is CC(C)CCN(CC(=O)N1CCCNCC1)C1CCCC1. The number of carbonyl (C=O) groups is 1. The van der Waals surface area contributed by atoms with Crippen molar-refractivity contribution in [2.24, 2.45) is 5.92 Å². The largest absolute Gasteiger partial charge is 0.340 e. The molecule has 0 aromatic heterocycles. The van der Waals surface area contributed by atoms with Crippen molar-refractivity contribution in [3.8, 4) is 0 Å². The number of amides is 1. The van der Waals surface area contributed by atoms with E-state index in [1.165, 1.54) is 32.1 Å². The van der Waals surface area contributed by atoms with E-state index in [4.69, 9.17) is 0 Å². The Morgan fingerprint density at radius 2 is 1.95 bits per heavy atom. The van der Waals surface area contributed by atoms with Gasteiger partial charge < -0.3 is 10.2 Å². The number of rotatable bonds is 6. The molecule has 0 aromatic rings. The molecule has 1 amide bonds. The third-order valence-corrected chi connectivity index (χ3v) is 4.87. The summed E-state index contributed by atoms with van der Waals surface area (Å²) in [5, 5.41) is 3.37. The number of carbonyl (C=O) groups excluding carboxylic acids is 1. The van der Waals surface area contributed by atoms with Gasteiger partial charge in [-0.15, -0.1) is 0 Å². The molecule has 0 unspecified atom stereocenters. The zero-order valence-electron chi connectivity index (χ0n) is 13.9. The van der Waals surface area contributed by atoms with E-state index < -0.39 is 0 Å². The molecule has 4 nitrogen and oxygen atoms in total. The quantitative estimate of drug-likeness (QED) is 0.815. The standard InChI is InChI=1S/C17H33N3O/c1-15(2)8-12-20(16-6-3-4-7-16)14-17(21)19-11-5-9-18-10-13-19/h15-16,18H,3-14H2,1-2H3. The molecule has 1 saturated heterocycles. The molecule has 0 radical (unpaired) electrons. The van der Waals surface area contributed by atoms with Gasteiger partial charge in [-0.25, -0.2) is 0 Å². The number of nitrogens with zero attached hydrogens (tertiary/aromatic N) is 2. The van der Waals surface area contributed by atoms with Crippen LogP contribution in [0.2, 0.25) is 0 Å². The first-order valence-electron chi connectivity index (χ1n) is 8.89. The Labute approximate surface area is 130 Å². The molecule has 2 rings (SSSR count). The van der Waals surface area contributed by atoms with Crippen LogP contribution in [-0.2, 0) is 4.79 Å². The molecule has 2 fully saturated rings. The fourth-order valence-corrected chi connectivity index (χ4v) is 3.45. The van der Waals surface area contributed by atoms with Crippen molar-refractivity contribution < 1.29 is 4.79 Å². The first-order chi connectivity index (χ1) is 10.2. The van der Waals surface area contributed by atoms with Crippen LogP contribution in [0.5, 0.6) is 0 Å². The minimum Gasteiger partial charge on any atom is -0.340 e. The third-order valence-electron chi connectivity index (χ3n) is 4.87. The Bertz CT molecular complexity index is 305. The predicted molar refractivity (Wildman–Crippen MR) is 87.4 cm³/mol. The normalized spacial score (nSPS) is 21.2. The number of hydrogen-bond acceptors (Lipinski definition) is 3. The van der Waals surface area contributed by atoms with Crippen molar-refractivity contribution in [3.05, 3.63) is 0 Å². The zero-order valence-corrected chi connectivity index (χ0v) is 13.9. The molecule has 0 spiro atoms. The van der Waals surface area contributed by atoms with Crippen molar-refractivity contribution >= 4 is 5.91 Å². The minimum atomic E-state index is 0.342. The van der Waals surface area contributed by atoms with Crippen LogP contribution < -0.4 is 5.32 Å². The summed E-state index contributed by atoms with van der Waals surface area (Å²) in [5.41, 5.74) is 0. The fourth-order valence-electron chi connectivity index (χ4n) is 3.45. The Hall–Kier alpha value is -0.610. The van der Waals surface area contributed by atoms with E-state index in [0.29, 0.717) is 24.4 Å². The molecule has 2 aliphatic rings. The molecule has 1 saturated carbocycles. The van der Waals surface area contributed by atoms with Crippen molar-refractivity contribution in [3.63, 3.8) is 0 Å². The molecule has 1 aliphatic heterocycles. The van der Waals surface area contributed by atoms with Crippen molar-refractivity contribution in [1.29, 1.82) is 0 Å². The second kappa shape index (κ2) is 8.74. The Balaban J connectivity index is 1.87. The molecular formula is C17H33N3O. The summed E-state index contributed by atoms with van der Waals surface area (Å²) in [6.45, 7) is 10.1. The summed E-state index contributed by atoms with van der Waals surface area (Å²) >= 11 is 0. The first-order valence-corrected chi connectivity index (χ1v) is 8.89. The Kier molecular flexibility index (Phi) is 6.97. The smallest absolute Gasteiger partial charge is 0.236 e. The van der Waals surface area contributed by atoms with Gasteiger partial charge in [-0.1, -0.05) is 26.7 Å². The van der Waals surface area contributed by atoms with E-state index in [-0.39, 0.29) is 0 Å². The van der Waals surface area contributed by atoms with Crippen LogP contribution in [0.1, 0.15) is 52.4 Å². The van der Waals surface area contributed by atoms with Crippen molar-refractivity contribution in [1.82, 2.24) is 15.1 Å². The molecule has 4 heteroatoms. The zero-order chi connectivity index (χ0) is 15.1. The number of hydrogen-bond donors (Lipinski definition) is 1. The molecule has 0 bridgehead atoms. The van der Waals surface area contributed by atoms with Gasteiger partial charge in [-0.05, 0) is 44.7 Å². The summed E-state index contributed by atoms with van der Waals surface area (Å²) in [7, 11) is 0. The van der Waals surface area contributed by atoms with Crippen LogP contribution in [0, 0.1) is 5.92 Å². The summed E-state index contributed by atoms with van der Waals surface area (Å²) in [6, 6.07) is 0.651. The topological polar surface area (TPSA) is 35.6 Å². The number of nitrogens with one attached hydrogen (secondary N) is 1. The maximum Gasteiger partial charge on any atom is 0.236 e. The molecular weight excluding hydrogens is 262 g/mol. The fraction of sp³-hybridized carbons (Fsp3) is 0.941. The highest BCUT2D eigenvalue weighted by molar-refractivity contribution is 5.78. The lowest BCUT2D eigenvalue weighted by molar-refractivity contribution is -0.132. The van der Waals surface area contributed by atoms with E-state index >= 15 is 0 Å². The summed E-state index contributed by atoms with van der Waals surface area (Å²) in [4.78, 5) is 17.2. The molecule has 21 heavy (non-hydrogen) atoms. The second-order valence-electron chi connectivity index (χ2n) is 7.08. The van der Waals surface area contributed by atoms with E-state index in [2.05, 4.69) is 29.0 Å². The highest BCUT2D eigenvalue weighted by Crippen LogP contribution is 2.24. The summed E-state index contributed by atoms with van der Waals surface area (Å²) < 4.78 is 0. The molecule has 1 aliphatic carbocycles. The predicted octanol–water partition coefficient (Wildman–Crippen LogP) is 2.10. The maximum absolute atomic E-state index is 12.6. The lowest BCUT2D eigenvalue weighted by atomic mass is 10.1. The van der Waals surface area contributed by atoms with Gasteiger partial charge in [-0.3, -0.25) is 9.69 Å². The van der Waals surface area contributed by atoms with E-state index in [9.17, 15) is 4.79 Å². The highest BCUT2D eigenvalue weighted by Gasteiger charge is 2.26. The van der Waals surface area contributed by atoms with Gasteiger partial charge in [0.15, 0.2) is 0 Å². The van der Waals surface area contributed by atoms with Crippen LogP contribution >= 0.6 is 0 Å². The van der Waals surface area contributed by atoms with Gasteiger partial charge in [0, 0.05) is 25.7 Å². The van der Waals surface area contributed by atoms with E-state index in [1.54, 1.807) is 0 Å². The van der Waals surface area contributed by atoms with Crippen LogP contribution in [0.4, 0.5) is 0 Å². The molecule has 0 atom stereocenters. The Morgan fingerprint density at radius 1 is 1.19 bits per heavy atom. The summed E-state index contributed by atoms with van der Waals surface area (Å²) in [5.74, 6) is 1.06. The van der Waals surface area contributed by atoms with Crippen LogP contribution in [0.15, 0.2) is 0 Å². The Morgan fingerprint density at radius 3 is 2.67 bits per heavy atom. The highest BCUT2D eigenvalue weighted by atomic mass is 16.2. The molecule has 122 valence electrons. The molecule has 1 N–H and O–H groups in total. The average Bonchev–Trinajstić information content (AvgIpc) is 2.84. The van der Waals surface area contributed by atoms with Gasteiger partial charge in [0.1, 0.15) is 0 Å². The molecule has 0 aromatic carbocycles. The average molecular weight is 295 g/mol. The van der Waals surface area contributed by atoms with Gasteiger partial charge in [-0.2, -0.15) is 0 Å². The van der Waals surface area contributed by atoms with Crippen LogP contribution in [0.25, 0.3) is 0 Å². The van der Waals surface area contributed by atoms with E-state index in [0.717, 1.165) is 39.1 Å².